The number of halogens is 1. The molecular formula is C29H30FN5O2. The fourth-order valence-corrected chi connectivity index (χ4v) is 6.00. The standard InChI is InChI=1S/C29H30FN5O2/c30-25-22(24-12-20(37)11-17-3-1-2-4-21(17)24)7-8-23-26(25)33-28(31-15-29(16-36)9-10-29)34-27(23)35-13-18-5-6-19(14-35)32-18/h1-4,7-8,11-12,18-19,32,36-37H,5-6,9-10,13-16H2,(H,31,33,34). The van der Waals surface area contributed by atoms with Gasteiger partial charge in [0.25, 0.3) is 0 Å². The molecule has 2 unspecified atom stereocenters. The Bertz CT molecular complexity index is 1510. The van der Waals surface area contributed by atoms with E-state index < -0.39 is 5.82 Å². The van der Waals surface area contributed by atoms with E-state index in [0.29, 0.717) is 41.1 Å². The lowest BCUT2D eigenvalue weighted by Gasteiger charge is -2.34. The molecule has 3 aromatic carbocycles. The third-order valence-electron chi connectivity index (χ3n) is 8.35. The Balaban J connectivity index is 1.38. The number of hydrogen-bond donors (Lipinski definition) is 4. The van der Waals surface area contributed by atoms with Gasteiger partial charge in [0.2, 0.25) is 5.95 Å². The van der Waals surface area contributed by atoms with Crippen LogP contribution in [0.15, 0.2) is 48.5 Å². The fraction of sp³-hybridized carbons (Fsp3) is 0.379. The van der Waals surface area contributed by atoms with Gasteiger partial charge in [-0.25, -0.2) is 9.37 Å². The van der Waals surface area contributed by atoms with E-state index in [9.17, 15) is 10.2 Å². The number of anilines is 2. The SMILES string of the molecule is OCC1(CNc2nc(N3CC4CCC(C3)N4)c3ccc(-c4cc(O)cc5ccccc45)c(F)c3n2)CC1. The number of phenols is 1. The van der Waals surface area contributed by atoms with Gasteiger partial charge in [-0.15, -0.1) is 0 Å². The highest BCUT2D eigenvalue weighted by molar-refractivity contribution is 6.01. The number of aliphatic hydroxyl groups is 1. The quantitative estimate of drug-likeness (QED) is 0.312. The number of aromatic nitrogens is 2. The lowest BCUT2D eigenvalue weighted by atomic mass is 9.96. The number of rotatable bonds is 6. The summed E-state index contributed by atoms with van der Waals surface area (Å²) in [5.74, 6) is 0.784. The van der Waals surface area contributed by atoms with E-state index in [2.05, 4.69) is 20.5 Å². The molecule has 190 valence electrons. The van der Waals surface area contributed by atoms with E-state index in [1.807, 2.05) is 30.3 Å². The number of fused-ring (bicyclic) bond motifs is 4. The maximum atomic E-state index is 16.4. The topological polar surface area (TPSA) is 93.5 Å². The number of aliphatic hydroxyl groups excluding tert-OH is 1. The van der Waals surface area contributed by atoms with Crippen molar-refractivity contribution in [2.45, 2.75) is 37.8 Å². The molecule has 0 spiro atoms. The molecule has 37 heavy (non-hydrogen) atoms. The molecule has 2 saturated heterocycles. The number of hydrogen-bond acceptors (Lipinski definition) is 7. The monoisotopic (exact) mass is 499 g/mol. The Labute approximate surface area is 214 Å². The minimum absolute atomic E-state index is 0.0916. The molecule has 7 rings (SSSR count). The van der Waals surface area contributed by atoms with Crippen molar-refractivity contribution < 1.29 is 14.6 Å². The zero-order chi connectivity index (χ0) is 25.1. The second kappa shape index (κ2) is 8.53. The van der Waals surface area contributed by atoms with Gasteiger partial charge in [0.1, 0.15) is 17.1 Å². The lowest BCUT2D eigenvalue weighted by molar-refractivity contribution is 0.219. The maximum Gasteiger partial charge on any atom is 0.225 e. The number of nitrogens with zero attached hydrogens (tertiary/aromatic N) is 3. The summed E-state index contributed by atoms with van der Waals surface area (Å²) in [5, 5.41) is 29.5. The van der Waals surface area contributed by atoms with Crippen LogP contribution in [-0.4, -0.2) is 58.5 Å². The van der Waals surface area contributed by atoms with E-state index in [1.54, 1.807) is 18.2 Å². The summed E-state index contributed by atoms with van der Waals surface area (Å²) in [5.41, 5.74) is 1.15. The summed E-state index contributed by atoms with van der Waals surface area (Å²) in [6, 6.07) is 15.5. The highest BCUT2D eigenvalue weighted by Gasteiger charge is 2.42. The first-order valence-electron chi connectivity index (χ1n) is 13.1. The van der Waals surface area contributed by atoms with Gasteiger partial charge in [0.05, 0.1) is 6.61 Å². The van der Waals surface area contributed by atoms with Gasteiger partial charge in [-0.05, 0) is 60.2 Å². The molecule has 2 bridgehead atoms. The maximum absolute atomic E-state index is 16.4. The molecule has 1 saturated carbocycles. The van der Waals surface area contributed by atoms with E-state index in [1.165, 1.54) is 0 Å². The first-order chi connectivity index (χ1) is 18.0. The van der Waals surface area contributed by atoms with Gasteiger partial charge in [-0.2, -0.15) is 4.98 Å². The van der Waals surface area contributed by atoms with Gasteiger partial charge >= 0.3 is 0 Å². The van der Waals surface area contributed by atoms with Crippen molar-refractivity contribution in [3.05, 3.63) is 54.3 Å². The molecular weight excluding hydrogens is 469 g/mol. The van der Waals surface area contributed by atoms with Crippen molar-refractivity contribution in [3.8, 4) is 16.9 Å². The van der Waals surface area contributed by atoms with Crippen LogP contribution in [0.3, 0.4) is 0 Å². The zero-order valence-corrected chi connectivity index (χ0v) is 20.5. The minimum atomic E-state index is -0.429. The third-order valence-corrected chi connectivity index (χ3v) is 8.35. The van der Waals surface area contributed by atoms with E-state index >= 15 is 4.39 Å². The molecule has 0 radical (unpaired) electrons. The van der Waals surface area contributed by atoms with Crippen LogP contribution in [-0.2, 0) is 0 Å². The van der Waals surface area contributed by atoms with E-state index in [4.69, 9.17) is 4.98 Å². The Morgan fingerprint density at radius 1 is 1.00 bits per heavy atom. The lowest BCUT2D eigenvalue weighted by Crippen LogP contribution is -2.51. The van der Waals surface area contributed by atoms with Crippen LogP contribution in [0.1, 0.15) is 25.7 Å². The predicted molar refractivity (Wildman–Crippen MR) is 144 cm³/mol. The van der Waals surface area contributed by atoms with E-state index in [0.717, 1.165) is 55.4 Å². The third kappa shape index (κ3) is 3.95. The van der Waals surface area contributed by atoms with E-state index in [-0.39, 0.29) is 23.3 Å². The molecule has 2 atom stereocenters. The average Bonchev–Trinajstić information content (AvgIpc) is 3.63. The second-order valence-corrected chi connectivity index (χ2v) is 11.0. The molecule has 3 heterocycles. The largest absolute Gasteiger partial charge is 0.508 e. The van der Waals surface area contributed by atoms with Crippen LogP contribution in [0.2, 0.25) is 0 Å². The van der Waals surface area contributed by atoms with Crippen LogP contribution in [0.25, 0.3) is 32.8 Å². The van der Waals surface area contributed by atoms with Gasteiger partial charge in [0.15, 0.2) is 5.82 Å². The normalized spacial score (nSPS) is 22.1. The van der Waals surface area contributed by atoms with Gasteiger partial charge < -0.3 is 25.7 Å². The Hall–Kier alpha value is -3.49. The van der Waals surface area contributed by atoms with Gasteiger partial charge in [-0.1, -0.05) is 30.3 Å². The van der Waals surface area contributed by atoms with Crippen molar-refractivity contribution >= 4 is 33.4 Å². The highest BCUT2D eigenvalue weighted by Crippen LogP contribution is 2.45. The minimum Gasteiger partial charge on any atom is -0.508 e. The molecule has 3 aliphatic rings. The number of aromatic hydroxyl groups is 1. The van der Waals surface area contributed by atoms with Crippen molar-refractivity contribution in [3.63, 3.8) is 0 Å². The summed E-state index contributed by atoms with van der Waals surface area (Å²) in [4.78, 5) is 11.8. The van der Waals surface area contributed by atoms with Gasteiger partial charge in [-0.3, -0.25) is 0 Å². The van der Waals surface area contributed by atoms with Crippen LogP contribution in [0.5, 0.6) is 5.75 Å². The smallest absolute Gasteiger partial charge is 0.225 e. The van der Waals surface area contributed by atoms with Crippen molar-refractivity contribution in [2.24, 2.45) is 5.41 Å². The summed E-state index contributed by atoms with van der Waals surface area (Å²) in [6.07, 6.45) is 4.19. The first-order valence-corrected chi connectivity index (χ1v) is 13.1. The molecule has 1 aromatic heterocycles. The first kappa shape index (κ1) is 22.7. The van der Waals surface area contributed by atoms with Crippen LogP contribution < -0.4 is 15.5 Å². The summed E-state index contributed by atoms with van der Waals surface area (Å²) >= 11 is 0. The predicted octanol–water partition coefficient (Wildman–Crippen LogP) is 4.42. The Kier molecular flexibility index (Phi) is 5.23. The Morgan fingerprint density at radius 2 is 1.78 bits per heavy atom. The van der Waals surface area contributed by atoms with Crippen LogP contribution >= 0.6 is 0 Å². The fourth-order valence-electron chi connectivity index (χ4n) is 6.00. The number of piperazine rings is 1. The molecule has 8 heteroatoms. The molecule has 1 aliphatic carbocycles. The summed E-state index contributed by atoms with van der Waals surface area (Å²) in [7, 11) is 0. The van der Waals surface area contributed by atoms with Crippen LogP contribution in [0, 0.1) is 11.2 Å². The molecule has 2 aliphatic heterocycles. The molecule has 3 fully saturated rings. The average molecular weight is 500 g/mol. The number of nitrogens with one attached hydrogen (secondary N) is 2. The second-order valence-electron chi connectivity index (χ2n) is 11.0. The molecule has 4 N–H and O–H groups in total. The van der Waals surface area contributed by atoms with Crippen molar-refractivity contribution in [1.29, 1.82) is 0 Å². The highest BCUT2D eigenvalue weighted by atomic mass is 19.1. The van der Waals surface area contributed by atoms with Crippen molar-refractivity contribution in [1.82, 2.24) is 15.3 Å². The number of phenolic OH excluding ortho intramolecular Hbond substituents is 1. The van der Waals surface area contributed by atoms with Gasteiger partial charge in [0, 0.05) is 48.1 Å². The molecule has 4 aromatic rings. The molecule has 7 nitrogen and oxygen atoms in total. The summed E-state index contributed by atoms with van der Waals surface area (Å²) < 4.78 is 16.4. The van der Waals surface area contributed by atoms with Crippen molar-refractivity contribution in [2.75, 3.05) is 36.5 Å². The summed E-state index contributed by atoms with van der Waals surface area (Å²) in [6.45, 7) is 2.32. The van der Waals surface area contributed by atoms with Crippen LogP contribution in [0.4, 0.5) is 16.2 Å². The number of benzene rings is 3. The molecule has 0 amide bonds. The Morgan fingerprint density at radius 3 is 2.54 bits per heavy atom. The zero-order valence-electron chi connectivity index (χ0n) is 20.5.